The van der Waals surface area contributed by atoms with Gasteiger partial charge in [0.05, 0.1) is 16.8 Å². The molecule has 0 aliphatic carbocycles. The van der Waals surface area contributed by atoms with Crippen LogP contribution in [0, 0.1) is 0 Å². The third kappa shape index (κ3) is 5.20. The van der Waals surface area contributed by atoms with E-state index in [1.54, 1.807) is 5.38 Å². The van der Waals surface area contributed by atoms with Crippen LogP contribution in [0.4, 0.5) is 18.3 Å². The van der Waals surface area contributed by atoms with Crippen LogP contribution in [-0.2, 0) is 15.7 Å². The number of hydrogen-bond acceptors (Lipinski definition) is 5. The SMILES string of the molecule is C[C@@H](OC(=O)c1ccc(C(F)(F)F)cc1)C(=O)Nc1nc(-c2ccccc2)cs1. The van der Waals surface area contributed by atoms with Gasteiger partial charge in [-0.3, -0.25) is 10.1 Å². The first-order valence-corrected chi connectivity index (χ1v) is 9.32. The lowest BCUT2D eigenvalue weighted by atomic mass is 10.1. The number of carbonyl (C=O) groups excluding carboxylic acids is 2. The van der Waals surface area contributed by atoms with Crippen LogP contribution in [0.15, 0.2) is 60.0 Å². The van der Waals surface area contributed by atoms with Crippen molar-refractivity contribution in [1.29, 1.82) is 0 Å². The van der Waals surface area contributed by atoms with Crippen molar-refractivity contribution in [2.45, 2.75) is 19.2 Å². The van der Waals surface area contributed by atoms with Crippen molar-refractivity contribution in [1.82, 2.24) is 4.98 Å². The zero-order chi connectivity index (χ0) is 21.0. The number of ether oxygens (including phenoxy) is 1. The Kier molecular flexibility index (Phi) is 5.97. The minimum absolute atomic E-state index is 0.0849. The molecular weight excluding hydrogens is 405 g/mol. The first-order chi connectivity index (χ1) is 13.7. The van der Waals surface area contributed by atoms with Crippen LogP contribution in [0.2, 0.25) is 0 Å². The van der Waals surface area contributed by atoms with Crippen molar-refractivity contribution in [2.24, 2.45) is 0 Å². The number of hydrogen-bond donors (Lipinski definition) is 1. The van der Waals surface area contributed by atoms with E-state index in [0.29, 0.717) is 10.8 Å². The Balaban J connectivity index is 1.59. The molecule has 29 heavy (non-hydrogen) atoms. The normalized spacial score (nSPS) is 12.3. The van der Waals surface area contributed by atoms with Gasteiger partial charge in [-0.25, -0.2) is 9.78 Å². The molecule has 0 unspecified atom stereocenters. The molecule has 0 spiro atoms. The third-order valence-electron chi connectivity index (χ3n) is 3.90. The van der Waals surface area contributed by atoms with Crippen LogP contribution in [0.25, 0.3) is 11.3 Å². The summed E-state index contributed by atoms with van der Waals surface area (Å²) in [7, 11) is 0. The Morgan fingerprint density at radius 2 is 1.72 bits per heavy atom. The quantitative estimate of drug-likeness (QED) is 0.589. The second-order valence-corrected chi connectivity index (χ2v) is 6.87. The highest BCUT2D eigenvalue weighted by molar-refractivity contribution is 7.14. The molecule has 3 aromatic rings. The van der Waals surface area contributed by atoms with Crippen molar-refractivity contribution < 1.29 is 27.5 Å². The maximum absolute atomic E-state index is 12.6. The maximum atomic E-state index is 12.6. The predicted molar refractivity (Wildman–Crippen MR) is 103 cm³/mol. The summed E-state index contributed by atoms with van der Waals surface area (Å²) in [5, 5.41) is 4.68. The maximum Gasteiger partial charge on any atom is 0.416 e. The topological polar surface area (TPSA) is 68.3 Å². The number of rotatable bonds is 5. The van der Waals surface area contributed by atoms with Crippen molar-refractivity contribution in [3.05, 3.63) is 71.1 Å². The van der Waals surface area contributed by atoms with E-state index >= 15 is 0 Å². The zero-order valence-electron chi connectivity index (χ0n) is 15.1. The van der Waals surface area contributed by atoms with Gasteiger partial charge in [0.1, 0.15) is 0 Å². The number of carbonyl (C=O) groups is 2. The summed E-state index contributed by atoms with van der Waals surface area (Å²) >= 11 is 1.22. The van der Waals surface area contributed by atoms with E-state index in [4.69, 9.17) is 4.74 Å². The summed E-state index contributed by atoms with van der Waals surface area (Å²) in [6.45, 7) is 1.36. The minimum atomic E-state index is -4.50. The second kappa shape index (κ2) is 8.44. The molecule has 3 rings (SSSR count). The molecular formula is C20H15F3N2O3S. The lowest BCUT2D eigenvalue weighted by Gasteiger charge is -2.13. The highest BCUT2D eigenvalue weighted by Crippen LogP contribution is 2.29. The van der Waals surface area contributed by atoms with Gasteiger partial charge >= 0.3 is 12.1 Å². The molecule has 0 radical (unpaired) electrons. The molecule has 0 aliphatic heterocycles. The van der Waals surface area contributed by atoms with Gasteiger partial charge < -0.3 is 4.74 Å². The summed E-state index contributed by atoms with van der Waals surface area (Å²) < 4.78 is 42.8. The van der Waals surface area contributed by atoms with Crippen LogP contribution in [0.5, 0.6) is 0 Å². The number of halogens is 3. The van der Waals surface area contributed by atoms with Crippen molar-refractivity contribution in [3.8, 4) is 11.3 Å². The monoisotopic (exact) mass is 420 g/mol. The fourth-order valence-electron chi connectivity index (χ4n) is 2.36. The molecule has 150 valence electrons. The van der Waals surface area contributed by atoms with E-state index in [0.717, 1.165) is 29.8 Å². The Morgan fingerprint density at radius 3 is 2.34 bits per heavy atom. The first-order valence-electron chi connectivity index (χ1n) is 8.44. The molecule has 1 aromatic heterocycles. The molecule has 5 nitrogen and oxygen atoms in total. The third-order valence-corrected chi connectivity index (χ3v) is 4.66. The van der Waals surface area contributed by atoms with Gasteiger partial charge in [0, 0.05) is 10.9 Å². The fourth-order valence-corrected chi connectivity index (χ4v) is 3.08. The Bertz CT molecular complexity index is 1000. The Labute approximate surface area is 168 Å². The first kappa shape index (κ1) is 20.5. The van der Waals surface area contributed by atoms with Gasteiger partial charge in [0.25, 0.3) is 5.91 Å². The summed E-state index contributed by atoms with van der Waals surface area (Å²) in [4.78, 5) is 28.6. The van der Waals surface area contributed by atoms with Crippen molar-refractivity contribution in [2.75, 3.05) is 5.32 Å². The number of thiazole rings is 1. The number of anilines is 1. The van der Waals surface area contributed by atoms with E-state index in [-0.39, 0.29) is 5.56 Å². The Hall–Kier alpha value is -3.20. The average molecular weight is 420 g/mol. The van der Waals surface area contributed by atoms with Crippen LogP contribution < -0.4 is 5.32 Å². The average Bonchev–Trinajstić information content (AvgIpc) is 3.16. The smallest absolute Gasteiger partial charge is 0.416 e. The molecule has 2 aromatic carbocycles. The largest absolute Gasteiger partial charge is 0.449 e. The molecule has 1 N–H and O–H groups in total. The molecule has 0 aliphatic rings. The summed E-state index contributed by atoms with van der Waals surface area (Å²) in [5.74, 6) is -1.50. The van der Waals surface area contributed by atoms with Crippen molar-refractivity contribution >= 4 is 28.3 Å². The van der Waals surface area contributed by atoms with Gasteiger partial charge in [-0.2, -0.15) is 13.2 Å². The molecule has 1 amide bonds. The number of esters is 1. The molecule has 1 heterocycles. The van der Waals surface area contributed by atoms with E-state index in [1.807, 2.05) is 30.3 Å². The fraction of sp³-hybridized carbons (Fsp3) is 0.150. The zero-order valence-corrected chi connectivity index (χ0v) is 15.9. The van der Waals surface area contributed by atoms with E-state index < -0.39 is 29.7 Å². The number of nitrogens with one attached hydrogen (secondary N) is 1. The van der Waals surface area contributed by atoms with Gasteiger partial charge in [0.2, 0.25) is 0 Å². The number of benzene rings is 2. The lowest BCUT2D eigenvalue weighted by molar-refractivity contribution is -0.137. The summed E-state index contributed by atoms with van der Waals surface area (Å²) in [6, 6.07) is 13.0. The van der Waals surface area contributed by atoms with Gasteiger partial charge in [0.15, 0.2) is 11.2 Å². The predicted octanol–water partition coefficient (Wildman–Crippen LogP) is 5.01. The summed E-state index contributed by atoms with van der Waals surface area (Å²) in [5.41, 5.74) is 0.627. The van der Waals surface area contributed by atoms with E-state index in [9.17, 15) is 22.8 Å². The molecule has 0 saturated carbocycles. The number of aromatic nitrogens is 1. The number of nitrogens with zero attached hydrogens (tertiary/aromatic N) is 1. The molecule has 0 fully saturated rings. The second-order valence-electron chi connectivity index (χ2n) is 6.02. The molecule has 0 bridgehead atoms. The van der Waals surface area contributed by atoms with E-state index in [2.05, 4.69) is 10.3 Å². The highest BCUT2D eigenvalue weighted by atomic mass is 32.1. The van der Waals surface area contributed by atoms with Crippen LogP contribution in [-0.4, -0.2) is 23.0 Å². The van der Waals surface area contributed by atoms with Crippen LogP contribution in [0.3, 0.4) is 0 Å². The van der Waals surface area contributed by atoms with Gasteiger partial charge in [-0.1, -0.05) is 30.3 Å². The molecule has 0 saturated heterocycles. The number of alkyl halides is 3. The standard InChI is InChI=1S/C20H15F3N2O3S/c1-12(28-18(27)14-7-9-15(10-8-14)20(21,22)23)17(26)25-19-24-16(11-29-19)13-5-3-2-4-6-13/h2-12H,1H3,(H,24,25,26)/t12-/m1/s1. The molecule has 1 atom stereocenters. The minimum Gasteiger partial charge on any atom is -0.449 e. The van der Waals surface area contributed by atoms with Crippen LogP contribution in [0.1, 0.15) is 22.8 Å². The van der Waals surface area contributed by atoms with Gasteiger partial charge in [-0.05, 0) is 31.2 Å². The van der Waals surface area contributed by atoms with Crippen LogP contribution >= 0.6 is 11.3 Å². The highest BCUT2D eigenvalue weighted by Gasteiger charge is 2.30. The van der Waals surface area contributed by atoms with E-state index in [1.165, 1.54) is 18.3 Å². The number of amides is 1. The molecule has 9 heteroatoms. The van der Waals surface area contributed by atoms with Gasteiger partial charge in [-0.15, -0.1) is 11.3 Å². The Morgan fingerprint density at radius 1 is 1.07 bits per heavy atom. The lowest BCUT2D eigenvalue weighted by Crippen LogP contribution is -2.30. The summed E-state index contributed by atoms with van der Waals surface area (Å²) in [6.07, 6.45) is -5.66. The van der Waals surface area contributed by atoms with Crippen molar-refractivity contribution in [3.63, 3.8) is 0 Å².